The van der Waals surface area contributed by atoms with Crippen LogP contribution in [-0.4, -0.2) is 25.5 Å². The highest BCUT2D eigenvalue weighted by atomic mass is 16.2. The largest absolute Gasteiger partial charge is 0.371 e. The van der Waals surface area contributed by atoms with Crippen molar-refractivity contribution >= 4 is 17.3 Å². The second kappa shape index (κ2) is 5.44. The van der Waals surface area contributed by atoms with E-state index in [1.807, 2.05) is 6.92 Å². The molecule has 0 bridgehead atoms. The number of carbonyl (C=O) groups excluding carboxylic acids is 1. The minimum Gasteiger partial charge on any atom is -0.371 e. The lowest BCUT2D eigenvalue weighted by Crippen LogP contribution is -2.34. The SMILES string of the molecule is CCNC1C(=O)Nc2cc(N3CCCC(C)C3)ccc21. The number of likely N-dealkylation sites (N-methyl/N-ethyl adjacent to an activating group) is 1. The van der Waals surface area contributed by atoms with E-state index in [9.17, 15) is 4.79 Å². The van der Waals surface area contributed by atoms with E-state index in [0.717, 1.165) is 36.8 Å². The lowest BCUT2D eigenvalue weighted by molar-refractivity contribution is -0.117. The van der Waals surface area contributed by atoms with Crippen LogP contribution in [0.1, 0.15) is 38.3 Å². The van der Waals surface area contributed by atoms with Gasteiger partial charge >= 0.3 is 0 Å². The van der Waals surface area contributed by atoms with Gasteiger partial charge in [-0.2, -0.15) is 0 Å². The van der Waals surface area contributed by atoms with E-state index in [4.69, 9.17) is 0 Å². The van der Waals surface area contributed by atoms with Crippen LogP contribution in [-0.2, 0) is 4.79 Å². The molecule has 2 N–H and O–H groups in total. The normalized spacial score (nSPS) is 25.5. The van der Waals surface area contributed by atoms with Gasteiger partial charge in [-0.25, -0.2) is 0 Å². The average Bonchev–Trinajstić information content (AvgIpc) is 2.75. The van der Waals surface area contributed by atoms with Crippen LogP contribution in [0.5, 0.6) is 0 Å². The highest BCUT2D eigenvalue weighted by molar-refractivity contribution is 6.03. The Morgan fingerprint density at radius 3 is 3.05 bits per heavy atom. The lowest BCUT2D eigenvalue weighted by atomic mass is 9.99. The van der Waals surface area contributed by atoms with E-state index in [0.29, 0.717) is 0 Å². The molecular weight excluding hydrogens is 250 g/mol. The van der Waals surface area contributed by atoms with Crippen LogP contribution < -0.4 is 15.5 Å². The maximum Gasteiger partial charge on any atom is 0.246 e. The Balaban J connectivity index is 1.84. The van der Waals surface area contributed by atoms with Crippen molar-refractivity contribution in [3.05, 3.63) is 23.8 Å². The maximum atomic E-state index is 12.0. The van der Waals surface area contributed by atoms with Gasteiger partial charge in [0, 0.05) is 30.0 Å². The van der Waals surface area contributed by atoms with E-state index in [1.165, 1.54) is 18.5 Å². The average molecular weight is 273 g/mol. The molecule has 1 amide bonds. The highest BCUT2D eigenvalue weighted by Crippen LogP contribution is 2.35. The second-order valence-electron chi connectivity index (χ2n) is 5.94. The number of amides is 1. The minimum absolute atomic E-state index is 0.0611. The maximum absolute atomic E-state index is 12.0. The van der Waals surface area contributed by atoms with Gasteiger partial charge in [-0.15, -0.1) is 0 Å². The van der Waals surface area contributed by atoms with E-state index in [1.54, 1.807) is 0 Å². The summed E-state index contributed by atoms with van der Waals surface area (Å²) < 4.78 is 0. The summed E-state index contributed by atoms with van der Waals surface area (Å²) in [5, 5.41) is 6.23. The van der Waals surface area contributed by atoms with Gasteiger partial charge in [0.25, 0.3) is 0 Å². The van der Waals surface area contributed by atoms with Crippen molar-refractivity contribution in [3.63, 3.8) is 0 Å². The first-order valence-electron chi connectivity index (χ1n) is 7.62. The third-order valence-corrected chi connectivity index (χ3v) is 4.30. The molecule has 2 aliphatic heterocycles. The summed E-state index contributed by atoms with van der Waals surface area (Å²) in [5.74, 6) is 0.812. The molecule has 1 saturated heterocycles. The molecule has 4 heteroatoms. The van der Waals surface area contributed by atoms with E-state index in [2.05, 4.69) is 40.7 Å². The van der Waals surface area contributed by atoms with Gasteiger partial charge in [0.05, 0.1) is 0 Å². The molecule has 0 aromatic heterocycles. The number of benzene rings is 1. The Morgan fingerprint density at radius 2 is 2.30 bits per heavy atom. The summed E-state index contributed by atoms with van der Waals surface area (Å²) in [6, 6.07) is 6.18. The topological polar surface area (TPSA) is 44.4 Å². The van der Waals surface area contributed by atoms with Crippen LogP contribution in [0.15, 0.2) is 18.2 Å². The summed E-state index contributed by atoms with van der Waals surface area (Å²) in [7, 11) is 0. The first-order valence-corrected chi connectivity index (χ1v) is 7.62. The molecule has 4 nitrogen and oxygen atoms in total. The van der Waals surface area contributed by atoms with Crippen molar-refractivity contribution in [2.24, 2.45) is 5.92 Å². The zero-order valence-corrected chi connectivity index (χ0v) is 12.3. The zero-order chi connectivity index (χ0) is 14.1. The number of fused-ring (bicyclic) bond motifs is 1. The number of nitrogens with one attached hydrogen (secondary N) is 2. The molecule has 2 atom stereocenters. The Hall–Kier alpha value is -1.55. The smallest absolute Gasteiger partial charge is 0.246 e. The van der Waals surface area contributed by atoms with Gasteiger partial charge in [0.1, 0.15) is 6.04 Å². The molecule has 108 valence electrons. The Kier molecular flexibility index (Phi) is 3.66. The summed E-state index contributed by atoms with van der Waals surface area (Å²) in [5.41, 5.74) is 3.27. The van der Waals surface area contributed by atoms with Gasteiger partial charge in [0.15, 0.2) is 0 Å². The van der Waals surface area contributed by atoms with Crippen LogP contribution in [0.3, 0.4) is 0 Å². The molecule has 2 heterocycles. The van der Waals surface area contributed by atoms with E-state index >= 15 is 0 Å². The van der Waals surface area contributed by atoms with Crippen LogP contribution in [0.2, 0.25) is 0 Å². The molecule has 20 heavy (non-hydrogen) atoms. The number of anilines is 2. The van der Waals surface area contributed by atoms with Crippen LogP contribution in [0.25, 0.3) is 0 Å². The third kappa shape index (κ3) is 2.40. The van der Waals surface area contributed by atoms with Crippen molar-refractivity contribution < 1.29 is 4.79 Å². The van der Waals surface area contributed by atoms with Crippen LogP contribution in [0.4, 0.5) is 11.4 Å². The van der Waals surface area contributed by atoms with Gasteiger partial charge in [-0.1, -0.05) is 19.9 Å². The molecule has 2 aliphatic rings. The Bertz CT molecular complexity index is 514. The van der Waals surface area contributed by atoms with Crippen molar-refractivity contribution in [3.8, 4) is 0 Å². The standard InChI is InChI=1S/C16H23N3O/c1-3-17-15-13-7-6-12(9-14(13)18-16(15)20)19-8-4-5-11(2)10-19/h6-7,9,11,15,17H,3-5,8,10H2,1-2H3,(H,18,20). The van der Waals surface area contributed by atoms with Gasteiger partial charge in [-0.3, -0.25) is 4.79 Å². The number of rotatable bonds is 3. The molecule has 1 fully saturated rings. The Morgan fingerprint density at radius 1 is 1.45 bits per heavy atom. The summed E-state index contributed by atoms with van der Waals surface area (Å²) in [4.78, 5) is 14.4. The van der Waals surface area contributed by atoms with Crippen LogP contribution >= 0.6 is 0 Å². The third-order valence-electron chi connectivity index (χ3n) is 4.30. The summed E-state index contributed by atoms with van der Waals surface area (Å²) >= 11 is 0. The molecule has 0 spiro atoms. The van der Waals surface area contributed by atoms with Crippen molar-refractivity contribution in [2.45, 2.75) is 32.7 Å². The first-order chi connectivity index (χ1) is 9.69. The number of carbonyl (C=O) groups is 1. The number of hydrogen-bond acceptors (Lipinski definition) is 3. The number of nitrogens with zero attached hydrogens (tertiary/aromatic N) is 1. The summed E-state index contributed by atoms with van der Waals surface area (Å²) in [6.45, 7) is 7.36. The molecule has 0 aliphatic carbocycles. The molecule has 3 rings (SSSR count). The fourth-order valence-electron chi connectivity index (χ4n) is 3.28. The van der Waals surface area contributed by atoms with Gasteiger partial charge in [-0.05, 0) is 37.4 Å². The van der Waals surface area contributed by atoms with Crippen molar-refractivity contribution in [2.75, 3.05) is 29.9 Å². The second-order valence-corrected chi connectivity index (χ2v) is 5.94. The monoisotopic (exact) mass is 273 g/mol. The number of piperidine rings is 1. The van der Waals surface area contributed by atoms with Crippen LogP contribution in [0, 0.1) is 5.92 Å². The zero-order valence-electron chi connectivity index (χ0n) is 12.3. The molecule has 1 aromatic carbocycles. The number of hydrogen-bond donors (Lipinski definition) is 2. The van der Waals surface area contributed by atoms with Gasteiger partial charge < -0.3 is 15.5 Å². The molecule has 0 radical (unpaired) electrons. The molecule has 1 aromatic rings. The lowest BCUT2D eigenvalue weighted by Gasteiger charge is -2.33. The fraction of sp³-hybridized carbons (Fsp3) is 0.562. The summed E-state index contributed by atoms with van der Waals surface area (Å²) in [6.07, 6.45) is 2.57. The quantitative estimate of drug-likeness (QED) is 0.889. The van der Waals surface area contributed by atoms with E-state index < -0.39 is 0 Å². The Labute approximate surface area is 120 Å². The predicted octanol–water partition coefficient (Wildman–Crippen LogP) is 2.53. The fourth-order valence-corrected chi connectivity index (χ4v) is 3.28. The highest BCUT2D eigenvalue weighted by Gasteiger charge is 2.30. The minimum atomic E-state index is -0.190. The first kappa shape index (κ1) is 13.4. The van der Waals surface area contributed by atoms with Crippen molar-refractivity contribution in [1.29, 1.82) is 0 Å². The molecular formula is C16H23N3O. The van der Waals surface area contributed by atoms with Gasteiger partial charge in [0.2, 0.25) is 5.91 Å². The van der Waals surface area contributed by atoms with E-state index in [-0.39, 0.29) is 11.9 Å². The predicted molar refractivity (Wildman–Crippen MR) is 82.1 cm³/mol. The van der Waals surface area contributed by atoms with Crippen molar-refractivity contribution in [1.82, 2.24) is 5.32 Å². The molecule has 0 saturated carbocycles. The molecule has 2 unspecified atom stereocenters.